The lowest BCUT2D eigenvalue weighted by Crippen LogP contribution is -2.35. The van der Waals surface area contributed by atoms with Crippen LogP contribution in [0.2, 0.25) is 0 Å². The molecule has 2 rings (SSSR count). The molecule has 1 aromatic rings. The molecule has 0 amide bonds. The molecule has 2 atom stereocenters. The Bertz CT molecular complexity index is 395. The number of nitro benzene ring substituents is 1. The van der Waals surface area contributed by atoms with Gasteiger partial charge in [-0.1, -0.05) is 12.1 Å². The number of para-hydroxylation sites is 2. The van der Waals surface area contributed by atoms with E-state index in [0.717, 1.165) is 19.3 Å². The van der Waals surface area contributed by atoms with E-state index in [1.807, 2.05) is 0 Å². The lowest BCUT2D eigenvalue weighted by atomic mass is 10.1. The van der Waals surface area contributed by atoms with Gasteiger partial charge in [0.15, 0.2) is 0 Å². The molecule has 1 fully saturated rings. The standard InChI is InChI=1S/C11H15N3O2/c12-8-4-3-6-9(8)13-10-5-1-2-7-11(10)14(15)16/h1-2,5,7-9,13H,3-4,6,12H2. The highest BCUT2D eigenvalue weighted by molar-refractivity contribution is 5.61. The van der Waals surface area contributed by atoms with Crippen LogP contribution in [0.3, 0.4) is 0 Å². The van der Waals surface area contributed by atoms with Crippen molar-refractivity contribution in [2.45, 2.75) is 31.3 Å². The van der Waals surface area contributed by atoms with Crippen LogP contribution in [0.15, 0.2) is 24.3 Å². The van der Waals surface area contributed by atoms with E-state index >= 15 is 0 Å². The molecule has 3 N–H and O–H groups in total. The second kappa shape index (κ2) is 4.49. The Balaban J connectivity index is 2.17. The second-order valence-corrected chi connectivity index (χ2v) is 4.12. The van der Waals surface area contributed by atoms with E-state index < -0.39 is 0 Å². The number of benzene rings is 1. The van der Waals surface area contributed by atoms with Crippen LogP contribution in [-0.4, -0.2) is 17.0 Å². The van der Waals surface area contributed by atoms with Gasteiger partial charge in [0, 0.05) is 18.2 Å². The molecular formula is C11H15N3O2. The Labute approximate surface area is 93.8 Å². The minimum Gasteiger partial charge on any atom is -0.375 e. The fourth-order valence-electron chi connectivity index (χ4n) is 2.12. The molecular weight excluding hydrogens is 206 g/mol. The summed E-state index contributed by atoms with van der Waals surface area (Å²) in [6, 6.07) is 6.93. The molecule has 0 heterocycles. The van der Waals surface area contributed by atoms with Gasteiger partial charge in [-0.15, -0.1) is 0 Å². The molecule has 1 aromatic carbocycles. The van der Waals surface area contributed by atoms with Crippen molar-refractivity contribution >= 4 is 11.4 Å². The van der Waals surface area contributed by atoms with Crippen molar-refractivity contribution in [1.82, 2.24) is 0 Å². The van der Waals surface area contributed by atoms with Gasteiger partial charge < -0.3 is 11.1 Å². The minimum atomic E-state index is -0.372. The summed E-state index contributed by atoms with van der Waals surface area (Å²) in [6.45, 7) is 0. The second-order valence-electron chi connectivity index (χ2n) is 4.12. The monoisotopic (exact) mass is 221 g/mol. The van der Waals surface area contributed by atoms with E-state index in [1.165, 1.54) is 6.07 Å². The van der Waals surface area contributed by atoms with Crippen molar-refractivity contribution in [2.75, 3.05) is 5.32 Å². The summed E-state index contributed by atoms with van der Waals surface area (Å²) in [5.74, 6) is 0. The number of hydrogen-bond acceptors (Lipinski definition) is 4. The van der Waals surface area contributed by atoms with Gasteiger partial charge in [-0.2, -0.15) is 0 Å². The van der Waals surface area contributed by atoms with Crippen LogP contribution in [0.5, 0.6) is 0 Å². The predicted octanol–water partition coefficient (Wildman–Crippen LogP) is 1.89. The maximum atomic E-state index is 10.8. The lowest BCUT2D eigenvalue weighted by Gasteiger charge is -2.18. The van der Waals surface area contributed by atoms with E-state index in [4.69, 9.17) is 5.73 Å². The van der Waals surface area contributed by atoms with E-state index in [0.29, 0.717) is 5.69 Å². The topological polar surface area (TPSA) is 81.2 Å². The van der Waals surface area contributed by atoms with Gasteiger partial charge in [0.05, 0.1) is 4.92 Å². The first-order valence-corrected chi connectivity index (χ1v) is 5.44. The third-order valence-electron chi connectivity index (χ3n) is 3.01. The number of rotatable bonds is 3. The smallest absolute Gasteiger partial charge is 0.292 e. The number of hydrogen-bond donors (Lipinski definition) is 2. The molecule has 1 aliphatic carbocycles. The molecule has 5 nitrogen and oxygen atoms in total. The van der Waals surface area contributed by atoms with Crippen molar-refractivity contribution in [3.8, 4) is 0 Å². The Kier molecular flexibility index (Phi) is 3.05. The molecule has 0 spiro atoms. The molecule has 0 aliphatic heterocycles. The largest absolute Gasteiger partial charge is 0.375 e. The maximum absolute atomic E-state index is 10.8. The zero-order chi connectivity index (χ0) is 11.5. The van der Waals surface area contributed by atoms with E-state index in [1.54, 1.807) is 18.2 Å². The van der Waals surface area contributed by atoms with E-state index in [-0.39, 0.29) is 22.7 Å². The van der Waals surface area contributed by atoms with E-state index in [2.05, 4.69) is 5.32 Å². The molecule has 0 radical (unpaired) electrons. The van der Waals surface area contributed by atoms with Crippen molar-refractivity contribution in [3.05, 3.63) is 34.4 Å². The number of nitrogens with two attached hydrogens (primary N) is 1. The maximum Gasteiger partial charge on any atom is 0.292 e. The third kappa shape index (κ3) is 2.14. The highest BCUT2D eigenvalue weighted by Gasteiger charge is 2.25. The molecule has 5 heteroatoms. The van der Waals surface area contributed by atoms with Gasteiger partial charge in [0.2, 0.25) is 0 Å². The fourth-order valence-corrected chi connectivity index (χ4v) is 2.12. The number of nitro groups is 1. The minimum absolute atomic E-state index is 0.0970. The van der Waals surface area contributed by atoms with Gasteiger partial charge in [-0.05, 0) is 25.3 Å². The molecule has 16 heavy (non-hydrogen) atoms. The van der Waals surface area contributed by atoms with Gasteiger partial charge in [-0.3, -0.25) is 10.1 Å². The van der Waals surface area contributed by atoms with Crippen molar-refractivity contribution in [1.29, 1.82) is 0 Å². The van der Waals surface area contributed by atoms with Gasteiger partial charge in [-0.25, -0.2) is 0 Å². The zero-order valence-electron chi connectivity index (χ0n) is 8.93. The first-order valence-electron chi connectivity index (χ1n) is 5.44. The normalized spacial score (nSPS) is 24.3. The Hall–Kier alpha value is -1.62. The van der Waals surface area contributed by atoms with Gasteiger partial charge in [0.1, 0.15) is 5.69 Å². The average molecular weight is 221 g/mol. The molecule has 0 aromatic heterocycles. The molecule has 0 bridgehead atoms. The summed E-state index contributed by atoms with van der Waals surface area (Å²) in [7, 11) is 0. The molecule has 0 saturated heterocycles. The van der Waals surface area contributed by atoms with Crippen molar-refractivity contribution < 1.29 is 4.92 Å². The quantitative estimate of drug-likeness (QED) is 0.603. The molecule has 1 aliphatic rings. The van der Waals surface area contributed by atoms with Crippen LogP contribution in [0, 0.1) is 10.1 Å². The highest BCUT2D eigenvalue weighted by atomic mass is 16.6. The van der Waals surface area contributed by atoms with Crippen LogP contribution < -0.4 is 11.1 Å². The summed E-state index contributed by atoms with van der Waals surface area (Å²) in [4.78, 5) is 10.4. The lowest BCUT2D eigenvalue weighted by molar-refractivity contribution is -0.384. The van der Waals surface area contributed by atoms with Crippen LogP contribution in [-0.2, 0) is 0 Å². The van der Waals surface area contributed by atoms with Crippen LogP contribution in [0.1, 0.15) is 19.3 Å². The molecule has 2 unspecified atom stereocenters. The molecule has 1 saturated carbocycles. The first-order chi connectivity index (χ1) is 7.68. The number of anilines is 1. The summed E-state index contributed by atoms with van der Waals surface area (Å²) < 4.78 is 0. The van der Waals surface area contributed by atoms with Gasteiger partial charge in [0.25, 0.3) is 5.69 Å². The van der Waals surface area contributed by atoms with Crippen LogP contribution in [0.4, 0.5) is 11.4 Å². The van der Waals surface area contributed by atoms with E-state index in [9.17, 15) is 10.1 Å². The summed E-state index contributed by atoms with van der Waals surface area (Å²) >= 11 is 0. The molecule has 86 valence electrons. The Morgan fingerprint density at radius 2 is 2.12 bits per heavy atom. The van der Waals surface area contributed by atoms with Crippen LogP contribution in [0.25, 0.3) is 0 Å². The van der Waals surface area contributed by atoms with Gasteiger partial charge >= 0.3 is 0 Å². The van der Waals surface area contributed by atoms with Crippen molar-refractivity contribution in [2.24, 2.45) is 5.73 Å². The number of nitrogens with zero attached hydrogens (tertiary/aromatic N) is 1. The third-order valence-corrected chi connectivity index (χ3v) is 3.01. The summed E-state index contributed by atoms with van der Waals surface area (Å²) in [6.07, 6.45) is 3.05. The SMILES string of the molecule is NC1CCCC1Nc1ccccc1[N+](=O)[O-]. The Morgan fingerprint density at radius 1 is 1.38 bits per heavy atom. The summed E-state index contributed by atoms with van der Waals surface area (Å²) in [5.41, 5.74) is 6.60. The fraction of sp³-hybridized carbons (Fsp3) is 0.455. The van der Waals surface area contributed by atoms with Crippen LogP contribution >= 0.6 is 0 Å². The summed E-state index contributed by atoms with van der Waals surface area (Å²) in [5, 5.41) is 14.0. The Morgan fingerprint density at radius 3 is 2.75 bits per heavy atom. The predicted molar refractivity (Wildman–Crippen MR) is 62.3 cm³/mol. The number of nitrogens with one attached hydrogen (secondary N) is 1. The highest BCUT2D eigenvalue weighted by Crippen LogP contribution is 2.27. The van der Waals surface area contributed by atoms with Crippen molar-refractivity contribution in [3.63, 3.8) is 0 Å². The zero-order valence-corrected chi connectivity index (χ0v) is 8.93. The first kappa shape index (κ1) is 10.9. The average Bonchev–Trinajstić information content (AvgIpc) is 2.65.